The first-order chi connectivity index (χ1) is 11.2. The summed E-state index contributed by atoms with van der Waals surface area (Å²) in [5.74, 6) is 0. The third kappa shape index (κ3) is 2.65. The Hall–Kier alpha value is -2.14. The van der Waals surface area contributed by atoms with Crippen molar-refractivity contribution < 1.29 is 0 Å². The van der Waals surface area contributed by atoms with Crippen LogP contribution in [0.2, 0.25) is 0 Å². The first kappa shape index (κ1) is 14.5. The van der Waals surface area contributed by atoms with Crippen LogP contribution in [0.4, 0.5) is 0 Å². The molecule has 0 bridgehead atoms. The molecule has 0 amide bonds. The number of pyridine rings is 1. The lowest BCUT2D eigenvalue weighted by Gasteiger charge is -2.08. The standard InChI is InChI=1S/C20H15IN2/c1-14-7-9-16(10-8-14)20-18(21)12-11-17-13-19(22-23(17)20)15-5-3-2-4-6-15/h2-13H,1H3. The van der Waals surface area contributed by atoms with Gasteiger partial charge in [-0.25, -0.2) is 4.52 Å². The summed E-state index contributed by atoms with van der Waals surface area (Å²) in [6, 6.07) is 25.3. The number of hydrogen-bond acceptors (Lipinski definition) is 1. The number of aromatic nitrogens is 2. The third-order valence-corrected chi connectivity index (χ3v) is 4.84. The van der Waals surface area contributed by atoms with Crippen molar-refractivity contribution >= 4 is 28.1 Å². The molecule has 0 aliphatic carbocycles. The quantitative estimate of drug-likeness (QED) is 0.395. The van der Waals surface area contributed by atoms with E-state index in [-0.39, 0.29) is 0 Å². The number of aryl methyl sites for hydroxylation is 1. The van der Waals surface area contributed by atoms with Gasteiger partial charge in [-0.1, -0.05) is 60.2 Å². The molecular weight excluding hydrogens is 395 g/mol. The van der Waals surface area contributed by atoms with Crippen LogP contribution < -0.4 is 0 Å². The summed E-state index contributed by atoms with van der Waals surface area (Å²) in [6.45, 7) is 2.11. The Morgan fingerprint density at radius 1 is 0.826 bits per heavy atom. The van der Waals surface area contributed by atoms with Gasteiger partial charge in [-0.05, 0) is 47.7 Å². The smallest absolute Gasteiger partial charge is 0.0933 e. The van der Waals surface area contributed by atoms with Crippen LogP contribution in [0, 0.1) is 10.5 Å². The van der Waals surface area contributed by atoms with Gasteiger partial charge >= 0.3 is 0 Å². The van der Waals surface area contributed by atoms with E-state index >= 15 is 0 Å². The second-order valence-electron chi connectivity index (χ2n) is 5.63. The first-order valence-electron chi connectivity index (χ1n) is 7.53. The lowest BCUT2D eigenvalue weighted by Crippen LogP contribution is -1.97. The molecule has 2 aromatic carbocycles. The predicted octanol–water partition coefficient (Wildman–Crippen LogP) is 5.58. The Morgan fingerprint density at radius 3 is 2.30 bits per heavy atom. The molecule has 0 atom stereocenters. The van der Waals surface area contributed by atoms with Crippen molar-refractivity contribution in [2.45, 2.75) is 6.92 Å². The molecule has 0 spiro atoms. The Bertz CT molecular complexity index is 970. The van der Waals surface area contributed by atoms with Crippen LogP contribution in [-0.4, -0.2) is 9.61 Å². The van der Waals surface area contributed by atoms with E-state index in [0.29, 0.717) is 0 Å². The monoisotopic (exact) mass is 410 g/mol. The Balaban J connectivity index is 1.95. The van der Waals surface area contributed by atoms with E-state index in [2.05, 4.69) is 88.6 Å². The molecule has 4 rings (SSSR count). The summed E-state index contributed by atoms with van der Waals surface area (Å²) >= 11 is 2.38. The number of hydrogen-bond donors (Lipinski definition) is 0. The Morgan fingerprint density at radius 2 is 1.57 bits per heavy atom. The minimum absolute atomic E-state index is 1.00. The molecule has 0 N–H and O–H groups in total. The van der Waals surface area contributed by atoms with E-state index < -0.39 is 0 Å². The fraction of sp³-hybridized carbons (Fsp3) is 0.0500. The van der Waals surface area contributed by atoms with Crippen LogP contribution in [0.3, 0.4) is 0 Å². The van der Waals surface area contributed by atoms with Crippen LogP contribution >= 0.6 is 22.6 Å². The fourth-order valence-corrected chi connectivity index (χ4v) is 3.47. The van der Waals surface area contributed by atoms with E-state index in [1.165, 1.54) is 14.7 Å². The van der Waals surface area contributed by atoms with Crippen LogP contribution in [0.1, 0.15) is 5.56 Å². The Kier molecular flexibility index (Phi) is 3.65. The third-order valence-electron chi connectivity index (χ3n) is 3.97. The highest BCUT2D eigenvalue weighted by Crippen LogP contribution is 2.29. The summed E-state index contributed by atoms with van der Waals surface area (Å²) in [4.78, 5) is 0. The van der Waals surface area contributed by atoms with Crippen molar-refractivity contribution in [3.8, 4) is 22.5 Å². The minimum atomic E-state index is 1.00. The SMILES string of the molecule is Cc1ccc(-c2c(I)ccc3cc(-c4ccccc4)nn23)cc1. The van der Waals surface area contributed by atoms with Gasteiger partial charge in [-0.3, -0.25) is 0 Å². The highest BCUT2D eigenvalue weighted by atomic mass is 127. The molecule has 23 heavy (non-hydrogen) atoms. The topological polar surface area (TPSA) is 17.3 Å². The number of fused-ring (bicyclic) bond motifs is 1. The van der Waals surface area contributed by atoms with Crippen molar-refractivity contribution in [3.05, 3.63) is 81.9 Å². The number of rotatable bonds is 2. The normalized spacial score (nSPS) is 11.0. The molecule has 0 fully saturated rings. The van der Waals surface area contributed by atoms with Gasteiger partial charge < -0.3 is 0 Å². The van der Waals surface area contributed by atoms with E-state index in [4.69, 9.17) is 5.10 Å². The first-order valence-corrected chi connectivity index (χ1v) is 8.61. The number of benzene rings is 2. The zero-order valence-corrected chi connectivity index (χ0v) is 14.9. The van der Waals surface area contributed by atoms with Crippen LogP contribution in [-0.2, 0) is 0 Å². The fourth-order valence-electron chi connectivity index (χ4n) is 2.75. The van der Waals surface area contributed by atoms with Crippen LogP contribution in [0.25, 0.3) is 28.0 Å². The summed E-state index contributed by atoms with van der Waals surface area (Å²) < 4.78 is 3.25. The molecule has 0 saturated heterocycles. The predicted molar refractivity (Wildman–Crippen MR) is 104 cm³/mol. The molecule has 2 aromatic heterocycles. The van der Waals surface area contributed by atoms with Gasteiger partial charge in [0.25, 0.3) is 0 Å². The van der Waals surface area contributed by atoms with Gasteiger partial charge in [0, 0.05) is 14.7 Å². The highest BCUT2D eigenvalue weighted by molar-refractivity contribution is 14.1. The molecule has 4 aromatic rings. The lowest BCUT2D eigenvalue weighted by molar-refractivity contribution is 0.969. The molecule has 0 aliphatic rings. The van der Waals surface area contributed by atoms with E-state index in [1.807, 2.05) is 18.2 Å². The second kappa shape index (κ2) is 5.81. The van der Waals surface area contributed by atoms with Crippen LogP contribution in [0.5, 0.6) is 0 Å². The van der Waals surface area contributed by atoms with Gasteiger partial charge in [-0.15, -0.1) is 0 Å². The van der Waals surface area contributed by atoms with E-state index in [1.54, 1.807) is 0 Å². The van der Waals surface area contributed by atoms with Crippen molar-refractivity contribution in [2.75, 3.05) is 0 Å². The van der Waals surface area contributed by atoms with E-state index in [0.717, 1.165) is 22.5 Å². The van der Waals surface area contributed by atoms with Crippen molar-refractivity contribution in [3.63, 3.8) is 0 Å². The summed E-state index contributed by atoms with van der Waals surface area (Å²) in [7, 11) is 0. The maximum absolute atomic E-state index is 4.85. The van der Waals surface area contributed by atoms with Crippen molar-refractivity contribution in [1.82, 2.24) is 9.61 Å². The van der Waals surface area contributed by atoms with E-state index in [9.17, 15) is 0 Å². The number of halogens is 1. The van der Waals surface area contributed by atoms with Gasteiger partial charge in [0.2, 0.25) is 0 Å². The van der Waals surface area contributed by atoms with Crippen LogP contribution in [0.15, 0.2) is 72.8 Å². The molecule has 0 saturated carbocycles. The van der Waals surface area contributed by atoms with Crippen molar-refractivity contribution in [2.24, 2.45) is 0 Å². The maximum Gasteiger partial charge on any atom is 0.0933 e. The van der Waals surface area contributed by atoms with Gasteiger partial charge in [0.05, 0.1) is 16.9 Å². The molecule has 2 nitrogen and oxygen atoms in total. The summed E-state index contributed by atoms with van der Waals surface area (Å²) in [5, 5.41) is 4.85. The zero-order valence-electron chi connectivity index (χ0n) is 12.7. The van der Waals surface area contributed by atoms with Gasteiger partial charge in [0.1, 0.15) is 0 Å². The average Bonchev–Trinajstić information content (AvgIpc) is 3.01. The van der Waals surface area contributed by atoms with Gasteiger partial charge in [-0.2, -0.15) is 5.10 Å². The minimum Gasteiger partial charge on any atom is -0.231 e. The molecule has 0 radical (unpaired) electrons. The highest BCUT2D eigenvalue weighted by Gasteiger charge is 2.12. The van der Waals surface area contributed by atoms with Crippen molar-refractivity contribution in [1.29, 1.82) is 0 Å². The lowest BCUT2D eigenvalue weighted by atomic mass is 10.1. The Labute approximate surface area is 148 Å². The summed E-state index contributed by atoms with van der Waals surface area (Å²) in [6.07, 6.45) is 0. The maximum atomic E-state index is 4.85. The average molecular weight is 410 g/mol. The molecular formula is C20H15IN2. The molecule has 3 heteroatoms. The molecule has 0 unspecified atom stereocenters. The molecule has 2 heterocycles. The number of nitrogens with zero attached hydrogens (tertiary/aromatic N) is 2. The second-order valence-corrected chi connectivity index (χ2v) is 6.79. The van der Waals surface area contributed by atoms with Gasteiger partial charge in [0.15, 0.2) is 0 Å². The zero-order chi connectivity index (χ0) is 15.8. The molecule has 0 aliphatic heterocycles. The summed E-state index contributed by atoms with van der Waals surface area (Å²) in [5.41, 5.74) is 6.85. The molecule has 112 valence electrons. The largest absolute Gasteiger partial charge is 0.231 e.